The fourth-order valence-corrected chi connectivity index (χ4v) is 2.16. The summed E-state index contributed by atoms with van der Waals surface area (Å²) in [6.45, 7) is 0. The molecule has 2 rings (SSSR count). The van der Waals surface area contributed by atoms with Crippen molar-refractivity contribution >= 4 is 16.8 Å². The zero-order valence-electron chi connectivity index (χ0n) is 7.74. The number of carbonyl (C=O) groups excluding carboxylic acids is 1. The van der Waals surface area contributed by atoms with Gasteiger partial charge in [-0.2, -0.15) is 0 Å². The van der Waals surface area contributed by atoms with E-state index >= 15 is 0 Å². The first kappa shape index (κ1) is 9.47. The minimum atomic E-state index is -0.309. The van der Waals surface area contributed by atoms with Crippen molar-refractivity contribution < 1.29 is 4.79 Å². The molecule has 1 aliphatic rings. The van der Waals surface area contributed by atoms with Crippen LogP contribution in [-0.2, 0) is 4.79 Å². The molecule has 1 atom stereocenters. The van der Waals surface area contributed by atoms with Crippen LogP contribution in [0.5, 0.6) is 0 Å². The van der Waals surface area contributed by atoms with E-state index in [9.17, 15) is 4.79 Å². The molecule has 0 saturated carbocycles. The van der Waals surface area contributed by atoms with Gasteiger partial charge in [-0.3, -0.25) is 4.79 Å². The van der Waals surface area contributed by atoms with Crippen molar-refractivity contribution in [3.05, 3.63) is 47.5 Å². The van der Waals surface area contributed by atoms with Crippen LogP contribution in [0.4, 0.5) is 0 Å². The topological polar surface area (TPSA) is 17.1 Å². The number of hydrogen-bond acceptors (Lipinski definition) is 1. The van der Waals surface area contributed by atoms with E-state index < -0.39 is 0 Å². The van der Waals surface area contributed by atoms with Gasteiger partial charge in [-0.15, -0.1) is 0 Å². The molecule has 0 N–H and O–H groups in total. The van der Waals surface area contributed by atoms with Gasteiger partial charge in [-0.1, -0.05) is 36.4 Å². The lowest BCUT2D eigenvalue weighted by Crippen LogP contribution is -2.02. The van der Waals surface area contributed by atoms with E-state index in [2.05, 4.69) is 0 Å². The molecule has 14 heavy (non-hydrogen) atoms. The highest BCUT2D eigenvalue weighted by atomic mass is 35.5. The van der Waals surface area contributed by atoms with Crippen molar-refractivity contribution in [3.8, 4) is 0 Å². The van der Waals surface area contributed by atoms with Gasteiger partial charge in [0.05, 0.1) is 0 Å². The number of halogens is 1. The molecule has 0 radical (unpaired) electrons. The average molecular weight is 207 g/mol. The van der Waals surface area contributed by atoms with Crippen LogP contribution in [0.2, 0.25) is 0 Å². The number of benzene rings is 1. The van der Waals surface area contributed by atoms with E-state index in [-0.39, 0.29) is 11.2 Å². The summed E-state index contributed by atoms with van der Waals surface area (Å²) >= 11 is 5.52. The number of allylic oxidation sites excluding steroid dienone is 2. The molecule has 0 spiro atoms. The molecule has 72 valence electrons. The molecule has 0 aromatic heterocycles. The highest BCUT2D eigenvalue weighted by molar-refractivity contribution is 6.67. The molecular formula is C12H11ClO. The molecule has 1 nitrogen and oxygen atoms in total. The zero-order valence-corrected chi connectivity index (χ0v) is 8.50. The van der Waals surface area contributed by atoms with E-state index in [0.717, 1.165) is 18.4 Å². The molecule has 1 unspecified atom stereocenters. The first-order valence-electron chi connectivity index (χ1n) is 4.74. The Bertz CT molecular complexity index is 367. The van der Waals surface area contributed by atoms with Crippen molar-refractivity contribution in [2.24, 2.45) is 0 Å². The third kappa shape index (κ3) is 1.73. The summed E-state index contributed by atoms with van der Waals surface area (Å²) in [5, 5.41) is -0.309. The van der Waals surface area contributed by atoms with Crippen LogP contribution in [0.25, 0.3) is 0 Å². The normalized spacial score (nSPS) is 20.6. The van der Waals surface area contributed by atoms with E-state index in [0.29, 0.717) is 0 Å². The second kappa shape index (κ2) is 3.97. The molecule has 0 heterocycles. The average Bonchev–Trinajstić information content (AvgIpc) is 2.67. The van der Waals surface area contributed by atoms with E-state index in [1.807, 2.05) is 36.4 Å². The second-order valence-electron chi connectivity index (χ2n) is 3.47. The highest BCUT2D eigenvalue weighted by Gasteiger charge is 2.24. The lowest BCUT2D eigenvalue weighted by atomic mass is 9.93. The number of rotatable bonds is 2. The van der Waals surface area contributed by atoms with E-state index in [1.54, 1.807) is 0 Å². The molecular weight excluding hydrogens is 196 g/mol. The quantitative estimate of drug-likeness (QED) is 0.679. The van der Waals surface area contributed by atoms with Crippen LogP contribution in [0.1, 0.15) is 24.3 Å². The van der Waals surface area contributed by atoms with Crippen molar-refractivity contribution in [1.29, 1.82) is 0 Å². The van der Waals surface area contributed by atoms with Crippen LogP contribution in [-0.4, -0.2) is 5.24 Å². The molecule has 1 aromatic carbocycles. The van der Waals surface area contributed by atoms with Crippen LogP contribution in [0.15, 0.2) is 42.0 Å². The van der Waals surface area contributed by atoms with Gasteiger partial charge < -0.3 is 0 Å². The Kier molecular flexibility index (Phi) is 2.69. The number of carbonyl (C=O) groups is 1. The fraction of sp³-hybridized carbons (Fsp3) is 0.250. The third-order valence-corrected chi connectivity index (χ3v) is 2.84. The van der Waals surface area contributed by atoms with Gasteiger partial charge in [-0.05, 0) is 30.0 Å². The predicted molar refractivity (Wildman–Crippen MR) is 57.4 cm³/mol. The van der Waals surface area contributed by atoms with Crippen molar-refractivity contribution in [2.75, 3.05) is 0 Å². The minimum absolute atomic E-state index is 0.209. The van der Waals surface area contributed by atoms with Crippen molar-refractivity contribution in [3.63, 3.8) is 0 Å². The maximum absolute atomic E-state index is 11.1. The molecule has 0 saturated heterocycles. The Labute approximate surface area is 88.4 Å². The van der Waals surface area contributed by atoms with E-state index in [1.165, 1.54) is 5.56 Å². The van der Waals surface area contributed by atoms with E-state index in [4.69, 9.17) is 11.6 Å². The van der Waals surface area contributed by atoms with Gasteiger partial charge in [0.15, 0.2) is 0 Å². The Balaban J connectivity index is 2.29. The number of hydrogen-bond donors (Lipinski definition) is 0. The Morgan fingerprint density at radius 3 is 2.64 bits per heavy atom. The third-order valence-electron chi connectivity index (χ3n) is 2.62. The largest absolute Gasteiger partial charge is 0.276 e. The Morgan fingerprint density at radius 2 is 2.00 bits per heavy atom. The van der Waals surface area contributed by atoms with Gasteiger partial charge in [0, 0.05) is 11.5 Å². The second-order valence-corrected chi connectivity index (χ2v) is 3.82. The monoisotopic (exact) mass is 206 g/mol. The lowest BCUT2D eigenvalue weighted by Gasteiger charge is -2.11. The van der Waals surface area contributed by atoms with Gasteiger partial charge in [-0.25, -0.2) is 0 Å². The molecule has 2 heteroatoms. The van der Waals surface area contributed by atoms with Gasteiger partial charge in [0.25, 0.3) is 0 Å². The summed E-state index contributed by atoms with van der Waals surface area (Å²) in [6, 6.07) is 10.0. The minimum Gasteiger partial charge on any atom is -0.276 e. The van der Waals surface area contributed by atoms with Crippen LogP contribution in [0, 0.1) is 0 Å². The molecule has 0 amide bonds. The van der Waals surface area contributed by atoms with Gasteiger partial charge in [0.2, 0.25) is 5.24 Å². The zero-order chi connectivity index (χ0) is 9.97. The molecule has 0 bridgehead atoms. The van der Waals surface area contributed by atoms with Crippen LogP contribution >= 0.6 is 11.6 Å². The summed E-state index contributed by atoms with van der Waals surface area (Å²) < 4.78 is 0. The Morgan fingerprint density at radius 1 is 1.29 bits per heavy atom. The smallest absolute Gasteiger partial charge is 0.248 e. The maximum atomic E-state index is 11.1. The summed E-state index contributed by atoms with van der Waals surface area (Å²) in [7, 11) is 0. The standard InChI is InChI=1S/C12H11ClO/c13-12(14)11-8-4-7-10(11)9-5-2-1-3-6-9/h1-3,5-6,8,10H,4,7H2. The first-order valence-corrected chi connectivity index (χ1v) is 5.11. The fourth-order valence-electron chi connectivity index (χ4n) is 1.95. The van der Waals surface area contributed by atoms with Gasteiger partial charge in [0.1, 0.15) is 0 Å². The van der Waals surface area contributed by atoms with Crippen LogP contribution in [0.3, 0.4) is 0 Å². The summed E-state index contributed by atoms with van der Waals surface area (Å²) in [5.41, 5.74) is 1.95. The van der Waals surface area contributed by atoms with Crippen molar-refractivity contribution in [1.82, 2.24) is 0 Å². The highest BCUT2D eigenvalue weighted by Crippen LogP contribution is 2.35. The maximum Gasteiger partial charge on any atom is 0.248 e. The predicted octanol–water partition coefficient (Wildman–Crippen LogP) is 3.26. The summed E-state index contributed by atoms with van der Waals surface area (Å²) in [5.74, 6) is 0.209. The molecule has 1 aliphatic carbocycles. The molecule has 0 aliphatic heterocycles. The summed E-state index contributed by atoms with van der Waals surface area (Å²) in [4.78, 5) is 11.1. The van der Waals surface area contributed by atoms with Gasteiger partial charge >= 0.3 is 0 Å². The summed E-state index contributed by atoms with van der Waals surface area (Å²) in [6.07, 6.45) is 3.90. The SMILES string of the molecule is O=C(Cl)C1=CCCC1c1ccccc1. The molecule has 0 fully saturated rings. The molecule has 1 aromatic rings. The van der Waals surface area contributed by atoms with Crippen molar-refractivity contribution in [2.45, 2.75) is 18.8 Å². The van der Waals surface area contributed by atoms with Crippen LogP contribution < -0.4 is 0 Å². The first-order chi connectivity index (χ1) is 6.79. The Hall–Kier alpha value is -1.08. The lowest BCUT2D eigenvalue weighted by molar-refractivity contribution is -0.108.